The SMILES string of the molecule is CCC(=O)N[C@H]1CS(=O)(=O)C[C@@H]1N1CCOCC1. The number of nitrogens with one attached hydrogen (secondary N) is 1. The summed E-state index contributed by atoms with van der Waals surface area (Å²) in [6.45, 7) is 4.50. The molecule has 2 rings (SSSR count). The van der Waals surface area contributed by atoms with Gasteiger partial charge in [-0.25, -0.2) is 8.42 Å². The van der Waals surface area contributed by atoms with E-state index in [2.05, 4.69) is 10.2 Å². The van der Waals surface area contributed by atoms with Crippen LogP contribution in [-0.2, 0) is 19.4 Å². The van der Waals surface area contributed by atoms with Crippen LogP contribution < -0.4 is 5.32 Å². The molecule has 0 saturated carbocycles. The molecule has 2 atom stereocenters. The summed E-state index contributed by atoms with van der Waals surface area (Å²) in [5.74, 6) is 0.109. The van der Waals surface area contributed by atoms with Crippen molar-refractivity contribution in [3.63, 3.8) is 0 Å². The molecule has 0 spiro atoms. The van der Waals surface area contributed by atoms with E-state index in [0.29, 0.717) is 19.6 Å². The summed E-state index contributed by atoms with van der Waals surface area (Å²) in [5, 5.41) is 2.83. The van der Waals surface area contributed by atoms with Crippen molar-refractivity contribution in [2.24, 2.45) is 0 Å². The molecule has 0 bridgehead atoms. The lowest BCUT2D eigenvalue weighted by atomic mass is 10.1. The van der Waals surface area contributed by atoms with Gasteiger partial charge in [0.15, 0.2) is 9.84 Å². The van der Waals surface area contributed by atoms with Crippen molar-refractivity contribution < 1.29 is 17.9 Å². The summed E-state index contributed by atoms with van der Waals surface area (Å²) < 4.78 is 28.8. The lowest BCUT2D eigenvalue weighted by molar-refractivity contribution is -0.121. The quantitative estimate of drug-likeness (QED) is 0.716. The van der Waals surface area contributed by atoms with E-state index in [0.717, 1.165) is 13.1 Å². The van der Waals surface area contributed by atoms with Gasteiger partial charge in [0.25, 0.3) is 0 Å². The molecule has 0 aromatic carbocycles. The van der Waals surface area contributed by atoms with Crippen LogP contribution in [0.3, 0.4) is 0 Å². The normalized spacial score (nSPS) is 32.3. The van der Waals surface area contributed by atoms with Gasteiger partial charge in [-0.05, 0) is 0 Å². The van der Waals surface area contributed by atoms with E-state index in [-0.39, 0.29) is 29.5 Å². The summed E-state index contributed by atoms with van der Waals surface area (Å²) in [4.78, 5) is 13.6. The standard InChI is InChI=1S/C11H20N2O4S/c1-2-11(14)12-9-7-18(15,16)8-10(9)13-3-5-17-6-4-13/h9-10H,2-8H2,1H3,(H,12,14)/t9-,10-/m0/s1. The van der Waals surface area contributed by atoms with E-state index in [1.54, 1.807) is 6.92 Å². The zero-order valence-electron chi connectivity index (χ0n) is 10.6. The van der Waals surface area contributed by atoms with Gasteiger partial charge in [0.05, 0.1) is 30.8 Å². The van der Waals surface area contributed by atoms with Crippen LogP contribution in [0.5, 0.6) is 0 Å². The fourth-order valence-electron chi connectivity index (χ4n) is 2.54. The average molecular weight is 276 g/mol. The Morgan fingerprint density at radius 1 is 1.33 bits per heavy atom. The van der Waals surface area contributed by atoms with Crippen molar-refractivity contribution >= 4 is 15.7 Å². The molecule has 6 nitrogen and oxygen atoms in total. The molecular weight excluding hydrogens is 256 g/mol. The molecular formula is C11H20N2O4S. The minimum Gasteiger partial charge on any atom is -0.379 e. The summed E-state index contributed by atoms with van der Waals surface area (Å²) in [5.41, 5.74) is 0. The van der Waals surface area contributed by atoms with Gasteiger partial charge in [0, 0.05) is 25.6 Å². The average Bonchev–Trinajstić information content (AvgIpc) is 2.65. The first kappa shape index (κ1) is 13.8. The summed E-state index contributed by atoms with van der Waals surface area (Å²) in [6.07, 6.45) is 0.381. The maximum atomic E-state index is 11.8. The molecule has 0 aromatic heterocycles. The van der Waals surface area contributed by atoms with E-state index >= 15 is 0 Å². The topological polar surface area (TPSA) is 75.7 Å². The molecule has 18 heavy (non-hydrogen) atoms. The Labute approximate surface area is 108 Å². The first-order valence-electron chi connectivity index (χ1n) is 6.33. The zero-order valence-corrected chi connectivity index (χ0v) is 11.4. The molecule has 0 unspecified atom stereocenters. The molecule has 2 aliphatic rings. The Morgan fingerprint density at radius 2 is 2.00 bits per heavy atom. The molecule has 0 radical (unpaired) electrons. The van der Waals surface area contributed by atoms with Gasteiger partial charge in [0.1, 0.15) is 0 Å². The van der Waals surface area contributed by atoms with Gasteiger partial charge >= 0.3 is 0 Å². The molecule has 1 N–H and O–H groups in total. The van der Waals surface area contributed by atoms with E-state index < -0.39 is 9.84 Å². The number of hydrogen-bond acceptors (Lipinski definition) is 5. The Kier molecular flexibility index (Phi) is 4.24. The first-order chi connectivity index (χ1) is 8.52. The van der Waals surface area contributed by atoms with Crippen LogP contribution >= 0.6 is 0 Å². The van der Waals surface area contributed by atoms with Crippen molar-refractivity contribution in [1.82, 2.24) is 10.2 Å². The number of sulfone groups is 1. The second-order valence-corrected chi connectivity index (χ2v) is 6.97. The highest BCUT2D eigenvalue weighted by atomic mass is 32.2. The van der Waals surface area contributed by atoms with Gasteiger partial charge in [-0.3, -0.25) is 9.69 Å². The third-order valence-electron chi connectivity index (χ3n) is 3.50. The highest BCUT2D eigenvalue weighted by Crippen LogP contribution is 2.19. The molecule has 2 aliphatic heterocycles. The van der Waals surface area contributed by atoms with Crippen molar-refractivity contribution in [3.05, 3.63) is 0 Å². The van der Waals surface area contributed by atoms with E-state index in [1.807, 2.05) is 0 Å². The fraction of sp³-hybridized carbons (Fsp3) is 0.909. The van der Waals surface area contributed by atoms with Crippen molar-refractivity contribution in [2.75, 3.05) is 37.8 Å². The van der Waals surface area contributed by atoms with E-state index in [9.17, 15) is 13.2 Å². The van der Waals surface area contributed by atoms with E-state index in [4.69, 9.17) is 4.74 Å². The van der Waals surface area contributed by atoms with Crippen LogP contribution in [0.15, 0.2) is 0 Å². The Morgan fingerprint density at radius 3 is 2.61 bits per heavy atom. The molecule has 1 amide bonds. The Balaban J connectivity index is 2.07. The molecule has 0 aliphatic carbocycles. The number of hydrogen-bond donors (Lipinski definition) is 1. The molecule has 0 aromatic rings. The van der Waals surface area contributed by atoms with E-state index in [1.165, 1.54) is 0 Å². The van der Waals surface area contributed by atoms with Gasteiger partial charge in [-0.2, -0.15) is 0 Å². The molecule has 2 heterocycles. The minimum absolute atomic E-state index is 0.0563. The van der Waals surface area contributed by atoms with Crippen LogP contribution in [0.4, 0.5) is 0 Å². The number of carbonyl (C=O) groups excluding carboxylic acids is 1. The molecule has 2 saturated heterocycles. The van der Waals surface area contributed by atoms with Gasteiger partial charge < -0.3 is 10.1 Å². The third kappa shape index (κ3) is 3.21. The minimum atomic E-state index is -3.05. The maximum absolute atomic E-state index is 11.8. The predicted molar refractivity (Wildman–Crippen MR) is 67.1 cm³/mol. The molecule has 2 fully saturated rings. The third-order valence-corrected chi connectivity index (χ3v) is 5.22. The van der Waals surface area contributed by atoms with Gasteiger partial charge in [-0.15, -0.1) is 0 Å². The highest BCUT2D eigenvalue weighted by Gasteiger charge is 2.41. The van der Waals surface area contributed by atoms with Crippen LogP contribution in [0.1, 0.15) is 13.3 Å². The number of nitrogens with zero attached hydrogens (tertiary/aromatic N) is 1. The second-order valence-electron chi connectivity index (χ2n) is 4.82. The van der Waals surface area contributed by atoms with Crippen LogP contribution in [0.2, 0.25) is 0 Å². The number of carbonyl (C=O) groups is 1. The van der Waals surface area contributed by atoms with Crippen LogP contribution in [0.25, 0.3) is 0 Å². The Bertz CT molecular complexity index is 403. The summed E-state index contributed by atoms with van der Waals surface area (Å²) in [7, 11) is -3.05. The monoisotopic (exact) mass is 276 g/mol. The summed E-state index contributed by atoms with van der Waals surface area (Å²) >= 11 is 0. The second kappa shape index (κ2) is 5.54. The number of ether oxygens (including phenoxy) is 1. The number of rotatable bonds is 3. The van der Waals surface area contributed by atoms with Crippen molar-refractivity contribution in [1.29, 1.82) is 0 Å². The number of amides is 1. The fourth-order valence-corrected chi connectivity index (χ4v) is 4.50. The van der Waals surface area contributed by atoms with Gasteiger partial charge in [0.2, 0.25) is 5.91 Å². The Hall–Kier alpha value is -0.660. The van der Waals surface area contributed by atoms with Crippen LogP contribution in [0, 0.1) is 0 Å². The zero-order chi connectivity index (χ0) is 13.2. The smallest absolute Gasteiger partial charge is 0.220 e. The summed E-state index contributed by atoms with van der Waals surface area (Å²) in [6, 6.07) is -0.380. The van der Waals surface area contributed by atoms with Crippen molar-refractivity contribution in [3.8, 4) is 0 Å². The molecule has 104 valence electrons. The lowest BCUT2D eigenvalue weighted by Gasteiger charge is -2.34. The predicted octanol–water partition coefficient (Wildman–Crippen LogP) is -0.990. The maximum Gasteiger partial charge on any atom is 0.220 e. The number of morpholine rings is 1. The lowest BCUT2D eigenvalue weighted by Crippen LogP contribution is -2.54. The largest absolute Gasteiger partial charge is 0.379 e. The first-order valence-corrected chi connectivity index (χ1v) is 8.15. The van der Waals surface area contributed by atoms with Gasteiger partial charge in [-0.1, -0.05) is 6.92 Å². The van der Waals surface area contributed by atoms with Crippen LogP contribution in [-0.4, -0.2) is 69.1 Å². The molecule has 7 heteroatoms. The van der Waals surface area contributed by atoms with Crippen molar-refractivity contribution in [2.45, 2.75) is 25.4 Å². The highest BCUT2D eigenvalue weighted by molar-refractivity contribution is 7.91.